The second kappa shape index (κ2) is 5.83. The van der Waals surface area contributed by atoms with E-state index in [1.165, 1.54) is 0 Å². The Balaban J connectivity index is 3.15. The van der Waals surface area contributed by atoms with Crippen molar-refractivity contribution in [2.45, 2.75) is 23.9 Å². The highest BCUT2D eigenvalue weighted by Gasteiger charge is 2.03. The first-order valence-electron chi connectivity index (χ1n) is 2.78. The Morgan fingerprint density at radius 2 is 2.22 bits per heavy atom. The average Bonchev–Trinajstić information content (AvgIpc) is 1.63. The van der Waals surface area contributed by atoms with Gasteiger partial charge in [0.2, 0.25) is 0 Å². The van der Waals surface area contributed by atoms with Gasteiger partial charge in [-0.05, 0) is 4.97 Å². The van der Waals surface area contributed by atoms with Crippen LogP contribution < -0.4 is 0 Å². The van der Waals surface area contributed by atoms with Crippen LogP contribution >= 0.6 is 23.2 Å². The molecule has 0 bridgehead atoms. The molecule has 0 saturated heterocycles. The second-order valence-corrected chi connectivity index (χ2v) is 3.53. The molecule has 0 aliphatic heterocycles. The SMILES string of the molecule is C[CH]([Al])OC(Cl)CCCl. The van der Waals surface area contributed by atoms with Crippen LogP contribution in [0.4, 0.5) is 0 Å². The maximum absolute atomic E-state index is 5.66. The minimum atomic E-state index is -0.241. The highest BCUT2D eigenvalue weighted by Crippen LogP contribution is 2.06. The number of hydrogen-bond acceptors (Lipinski definition) is 1. The molecule has 0 aromatic carbocycles. The Morgan fingerprint density at radius 3 is 2.56 bits per heavy atom. The van der Waals surface area contributed by atoms with Crippen molar-refractivity contribution in [2.24, 2.45) is 0 Å². The lowest BCUT2D eigenvalue weighted by molar-refractivity contribution is 0.0906. The maximum Gasteiger partial charge on any atom is 0.170 e. The first-order chi connectivity index (χ1) is 4.16. The van der Waals surface area contributed by atoms with Crippen LogP contribution in [0.3, 0.4) is 0 Å². The first kappa shape index (κ1) is 10.1. The van der Waals surface area contributed by atoms with Crippen molar-refractivity contribution in [1.82, 2.24) is 0 Å². The summed E-state index contributed by atoms with van der Waals surface area (Å²) in [5, 5.41) is 0. The molecule has 0 heterocycles. The molecule has 9 heavy (non-hydrogen) atoms. The van der Waals surface area contributed by atoms with E-state index in [9.17, 15) is 0 Å². The molecule has 0 saturated carbocycles. The van der Waals surface area contributed by atoms with Crippen LogP contribution in [0.25, 0.3) is 0 Å². The minimum Gasteiger partial charge on any atom is -0.377 e. The smallest absolute Gasteiger partial charge is 0.170 e. The fourth-order valence-corrected chi connectivity index (χ4v) is 1.26. The summed E-state index contributed by atoms with van der Waals surface area (Å²) < 4.78 is 5.13. The predicted molar refractivity (Wildman–Crippen MR) is 41.3 cm³/mol. The van der Waals surface area contributed by atoms with Gasteiger partial charge in [-0.3, -0.25) is 0 Å². The van der Waals surface area contributed by atoms with Crippen molar-refractivity contribution in [3.05, 3.63) is 0 Å². The summed E-state index contributed by atoms with van der Waals surface area (Å²) >= 11 is 13.6. The lowest BCUT2D eigenvalue weighted by Crippen LogP contribution is -2.15. The largest absolute Gasteiger partial charge is 0.377 e. The molecule has 0 rings (SSSR count). The van der Waals surface area contributed by atoms with Crippen molar-refractivity contribution < 1.29 is 4.74 Å². The number of ether oxygens (including phenoxy) is 1. The predicted octanol–water partition coefficient (Wildman–Crippen LogP) is 1.71. The van der Waals surface area contributed by atoms with Gasteiger partial charge in [0.15, 0.2) is 16.3 Å². The monoisotopic (exact) mass is 182 g/mol. The molecule has 0 amide bonds. The lowest BCUT2D eigenvalue weighted by Gasteiger charge is -2.12. The van der Waals surface area contributed by atoms with Gasteiger partial charge in [-0.2, -0.15) is 0 Å². The van der Waals surface area contributed by atoms with E-state index < -0.39 is 0 Å². The van der Waals surface area contributed by atoms with Crippen molar-refractivity contribution in [1.29, 1.82) is 0 Å². The topological polar surface area (TPSA) is 9.23 Å². The Kier molecular flexibility index (Phi) is 6.52. The molecule has 0 aromatic rings. The van der Waals surface area contributed by atoms with Gasteiger partial charge >= 0.3 is 0 Å². The average molecular weight is 183 g/mol. The first-order valence-corrected chi connectivity index (χ1v) is 4.41. The van der Waals surface area contributed by atoms with Gasteiger partial charge in [-0.25, -0.2) is 0 Å². The van der Waals surface area contributed by atoms with Crippen LogP contribution in [0.1, 0.15) is 13.3 Å². The van der Waals surface area contributed by atoms with Gasteiger partial charge in [0.25, 0.3) is 0 Å². The molecule has 0 aliphatic rings. The van der Waals surface area contributed by atoms with Gasteiger partial charge in [0, 0.05) is 12.3 Å². The number of rotatable bonds is 4. The van der Waals surface area contributed by atoms with Crippen LogP contribution in [0.15, 0.2) is 0 Å². The molecule has 0 N–H and O–H groups in total. The molecule has 1 nitrogen and oxygen atoms in total. The van der Waals surface area contributed by atoms with Crippen molar-refractivity contribution in [2.75, 3.05) is 5.88 Å². The van der Waals surface area contributed by atoms with Crippen molar-refractivity contribution in [3.8, 4) is 0 Å². The van der Waals surface area contributed by atoms with Gasteiger partial charge < -0.3 is 4.74 Å². The summed E-state index contributed by atoms with van der Waals surface area (Å²) in [6.45, 7) is 1.91. The van der Waals surface area contributed by atoms with Gasteiger partial charge in [0.05, 0.1) is 0 Å². The third-order valence-corrected chi connectivity index (χ3v) is 1.39. The molecular weight excluding hydrogens is 174 g/mol. The molecule has 0 aromatic heterocycles. The minimum absolute atomic E-state index is 0.107. The third-order valence-electron chi connectivity index (χ3n) is 0.698. The van der Waals surface area contributed by atoms with E-state index in [1.807, 2.05) is 6.92 Å². The third kappa shape index (κ3) is 6.96. The summed E-state index contributed by atoms with van der Waals surface area (Å²) in [5.41, 5.74) is -0.241. The Bertz CT molecular complexity index is 70.0. The van der Waals surface area contributed by atoms with Crippen LogP contribution in [0, 0.1) is 0 Å². The van der Waals surface area contributed by atoms with Crippen LogP contribution in [0.2, 0.25) is 0 Å². The number of halogens is 2. The molecular formula is C5H9AlCl2O. The molecule has 2 radical (unpaired) electrons. The second-order valence-electron chi connectivity index (χ2n) is 1.73. The van der Waals surface area contributed by atoms with Gasteiger partial charge in [-0.15, -0.1) is 11.6 Å². The summed E-state index contributed by atoms with van der Waals surface area (Å²) in [7, 11) is 0. The fraction of sp³-hybridized carbons (Fsp3) is 1.00. The molecule has 2 unspecified atom stereocenters. The molecule has 0 fully saturated rings. The number of hydrogen-bond donors (Lipinski definition) is 0. The quantitative estimate of drug-likeness (QED) is 0.476. The lowest BCUT2D eigenvalue weighted by atomic mass is 10.5. The van der Waals surface area contributed by atoms with E-state index >= 15 is 0 Å². The highest BCUT2D eigenvalue weighted by molar-refractivity contribution is 6.21. The zero-order valence-corrected chi connectivity index (χ0v) is 7.98. The normalized spacial score (nSPS) is 17.2. The van der Waals surface area contributed by atoms with Crippen LogP contribution in [-0.2, 0) is 4.74 Å². The van der Waals surface area contributed by atoms with E-state index in [0.29, 0.717) is 12.3 Å². The summed E-state index contributed by atoms with van der Waals surface area (Å²) in [6.07, 6.45) is 0.696. The summed E-state index contributed by atoms with van der Waals surface area (Å²) in [5.74, 6) is 0.547. The van der Waals surface area contributed by atoms with Gasteiger partial charge in [0.1, 0.15) is 5.56 Å². The maximum atomic E-state index is 5.66. The zero-order chi connectivity index (χ0) is 7.28. The van der Waals surface area contributed by atoms with E-state index in [-0.39, 0.29) is 10.5 Å². The number of alkyl halides is 2. The van der Waals surface area contributed by atoms with Crippen molar-refractivity contribution in [3.63, 3.8) is 0 Å². The van der Waals surface area contributed by atoms with Crippen molar-refractivity contribution >= 4 is 39.5 Å². The molecule has 4 heteroatoms. The Labute approximate surface area is 74.1 Å². The molecule has 0 spiro atoms. The van der Waals surface area contributed by atoms with Crippen LogP contribution in [-0.4, -0.2) is 32.7 Å². The van der Waals surface area contributed by atoms with E-state index in [4.69, 9.17) is 27.9 Å². The van der Waals surface area contributed by atoms with E-state index in [2.05, 4.69) is 16.3 Å². The summed E-state index contributed by atoms with van der Waals surface area (Å²) in [4.78, 5) is 0.107. The zero-order valence-electron chi connectivity index (χ0n) is 5.31. The molecule has 2 atom stereocenters. The fourth-order valence-electron chi connectivity index (χ4n) is 0.387. The summed E-state index contributed by atoms with van der Waals surface area (Å²) in [6, 6.07) is 0. The van der Waals surface area contributed by atoms with E-state index in [1.54, 1.807) is 0 Å². The Morgan fingerprint density at radius 1 is 1.67 bits per heavy atom. The highest BCUT2D eigenvalue weighted by atomic mass is 35.5. The Hall–Kier alpha value is 1.07. The standard InChI is InChI=1S/C5H9Cl2O.Al/c1-2-8-5(7)3-4-6;/h2,5H,3-4H2,1H3;. The van der Waals surface area contributed by atoms with Gasteiger partial charge in [-0.1, -0.05) is 18.5 Å². The van der Waals surface area contributed by atoms with E-state index in [0.717, 1.165) is 0 Å². The molecule has 0 aliphatic carbocycles. The van der Waals surface area contributed by atoms with Crippen LogP contribution in [0.5, 0.6) is 0 Å². The molecule has 52 valence electrons.